The Labute approximate surface area is 151 Å². The zero-order chi connectivity index (χ0) is 18.4. The molecule has 26 heavy (non-hydrogen) atoms. The Morgan fingerprint density at radius 1 is 1.27 bits per heavy atom. The molecule has 3 rings (SSSR count). The number of ether oxygens (including phenoxy) is 1. The monoisotopic (exact) mass is 350 g/mol. The Bertz CT molecular complexity index is 854. The quantitative estimate of drug-likeness (QED) is 0.859. The van der Waals surface area contributed by atoms with E-state index in [1.807, 2.05) is 6.07 Å². The van der Waals surface area contributed by atoms with Gasteiger partial charge in [-0.25, -0.2) is 0 Å². The third kappa shape index (κ3) is 4.43. The largest absolute Gasteiger partial charge is 0.376 e. The summed E-state index contributed by atoms with van der Waals surface area (Å²) in [5.74, 6) is -0.725. The first kappa shape index (κ1) is 17.6. The molecule has 2 amide bonds. The normalized spacial score (nSPS) is 15.9. The van der Waals surface area contributed by atoms with Gasteiger partial charge >= 0.3 is 0 Å². The van der Waals surface area contributed by atoms with Crippen molar-refractivity contribution in [1.82, 2.24) is 10.3 Å². The van der Waals surface area contributed by atoms with E-state index in [2.05, 4.69) is 15.6 Å². The summed E-state index contributed by atoms with van der Waals surface area (Å²) in [6.45, 7) is 1.18. The van der Waals surface area contributed by atoms with E-state index in [4.69, 9.17) is 10.00 Å². The van der Waals surface area contributed by atoms with Crippen LogP contribution in [0.15, 0.2) is 42.6 Å². The summed E-state index contributed by atoms with van der Waals surface area (Å²) in [6.07, 6.45) is 3.41. The van der Waals surface area contributed by atoms with Gasteiger partial charge in [-0.3, -0.25) is 14.6 Å². The molecule has 2 heterocycles. The molecule has 0 spiro atoms. The lowest BCUT2D eigenvalue weighted by atomic mass is 10.2. The number of carbonyl (C=O) groups is 2. The van der Waals surface area contributed by atoms with Crippen LogP contribution in [0.4, 0.5) is 5.69 Å². The highest BCUT2D eigenvalue weighted by Gasteiger charge is 2.17. The third-order valence-corrected chi connectivity index (χ3v) is 4.02. The van der Waals surface area contributed by atoms with Crippen molar-refractivity contribution in [1.29, 1.82) is 5.26 Å². The van der Waals surface area contributed by atoms with Crippen LogP contribution in [0.2, 0.25) is 0 Å². The number of nitrogens with zero attached hydrogens (tertiary/aromatic N) is 2. The molecule has 2 N–H and O–H groups in total. The summed E-state index contributed by atoms with van der Waals surface area (Å²) in [7, 11) is 0. The maximum atomic E-state index is 12.3. The van der Waals surface area contributed by atoms with E-state index in [0.29, 0.717) is 23.4 Å². The molecule has 7 nitrogen and oxygen atoms in total. The minimum absolute atomic E-state index is 0.0518. The van der Waals surface area contributed by atoms with E-state index >= 15 is 0 Å². The van der Waals surface area contributed by atoms with Gasteiger partial charge in [-0.05, 0) is 43.2 Å². The van der Waals surface area contributed by atoms with E-state index in [0.717, 1.165) is 19.4 Å². The summed E-state index contributed by atoms with van der Waals surface area (Å²) >= 11 is 0. The van der Waals surface area contributed by atoms with Crippen LogP contribution in [0.5, 0.6) is 0 Å². The molecule has 0 aliphatic carbocycles. The molecule has 0 saturated carbocycles. The number of anilines is 1. The van der Waals surface area contributed by atoms with Gasteiger partial charge in [0.05, 0.1) is 17.7 Å². The minimum Gasteiger partial charge on any atom is -0.376 e. The summed E-state index contributed by atoms with van der Waals surface area (Å²) in [6, 6.07) is 11.6. The molecule has 132 valence electrons. The predicted molar refractivity (Wildman–Crippen MR) is 94.7 cm³/mol. The van der Waals surface area contributed by atoms with Crippen LogP contribution in [0, 0.1) is 11.3 Å². The number of pyridine rings is 1. The molecule has 7 heteroatoms. The second kappa shape index (κ2) is 8.23. The summed E-state index contributed by atoms with van der Waals surface area (Å²) in [5, 5.41) is 14.4. The average Bonchev–Trinajstić information content (AvgIpc) is 3.20. The van der Waals surface area contributed by atoms with Crippen molar-refractivity contribution in [2.45, 2.75) is 18.9 Å². The fourth-order valence-corrected chi connectivity index (χ4v) is 2.67. The van der Waals surface area contributed by atoms with Gasteiger partial charge in [0, 0.05) is 30.6 Å². The Morgan fingerprint density at radius 2 is 2.15 bits per heavy atom. The number of rotatable bonds is 5. The van der Waals surface area contributed by atoms with E-state index in [-0.39, 0.29) is 17.7 Å². The van der Waals surface area contributed by atoms with Gasteiger partial charge in [-0.1, -0.05) is 6.07 Å². The maximum Gasteiger partial charge on any atom is 0.274 e. The molecule has 0 radical (unpaired) electrons. The van der Waals surface area contributed by atoms with Gasteiger partial charge < -0.3 is 15.4 Å². The molecule has 1 aliphatic rings. The van der Waals surface area contributed by atoms with Crippen molar-refractivity contribution in [3.63, 3.8) is 0 Å². The van der Waals surface area contributed by atoms with Crippen molar-refractivity contribution in [2.75, 3.05) is 18.5 Å². The van der Waals surface area contributed by atoms with Crippen molar-refractivity contribution in [3.05, 3.63) is 59.4 Å². The van der Waals surface area contributed by atoms with Gasteiger partial charge in [0.2, 0.25) is 0 Å². The highest BCUT2D eigenvalue weighted by Crippen LogP contribution is 2.13. The number of nitrogens with one attached hydrogen (secondary N) is 2. The topological polar surface area (TPSA) is 104 Å². The average molecular weight is 350 g/mol. The van der Waals surface area contributed by atoms with Crippen LogP contribution in [-0.2, 0) is 4.74 Å². The first-order chi connectivity index (χ1) is 12.7. The number of nitriles is 1. The number of benzene rings is 1. The highest BCUT2D eigenvalue weighted by molar-refractivity contribution is 6.04. The number of carbonyl (C=O) groups excluding carboxylic acids is 2. The smallest absolute Gasteiger partial charge is 0.274 e. The lowest BCUT2D eigenvalue weighted by Crippen LogP contribution is -2.32. The zero-order valence-electron chi connectivity index (χ0n) is 14.1. The van der Waals surface area contributed by atoms with Crippen LogP contribution in [0.3, 0.4) is 0 Å². The second-order valence-corrected chi connectivity index (χ2v) is 5.92. The minimum atomic E-state index is -0.450. The van der Waals surface area contributed by atoms with Crippen molar-refractivity contribution < 1.29 is 14.3 Å². The van der Waals surface area contributed by atoms with Crippen molar-refractivity contribution in [2.24, 2.45) is 0 Å². The van der Waals surface area contributed by atoms with Gasteiger partial charge in [0.1, 0.15) is 5.69 Å². The summed E-state index contributed by atoms with van der Waals surface area (Å²) in [5.41, 5.74) is 1.41. The van der Waals surface area contributed by atoms with E-state index < -0.39 is 5.91 Å². The van der Waals surface area contributed by atoms with Crippen LogP contribution >= 0.6 is 0 Å². The Morgan fingerprint density at radius 3 is 2.92 bits per heavy atom. The zero-order valence-corrected chi connectivity index (χ0v) is 14.1. The predicted octanol–water partition coefficient (Wildman–Crippen LogP) is 2.11. The number of aromatic nitrogens is 1. The lowest BCUT2D eigenvalue weighted by Gasteiger charge is -2.11. The molecule has 1 aromatic carbocycles. The standard InChI is InChI=1S/C19H18N4O3/c20-11-13-3-1-4-15(9-13)23-19(25)17-10-14(6-7-21-17)18(24)22-12-16-5-2-8-26-16/h1,3-4,6-7,9-10,16H,2,5,8,12H2,(H,22,24)(H,23,25). The fourth-order valence-electron chi connectivity index (χ4n) is 2.67. The molecule has 1 atom stereocenters. The first-order valence-corrected chi connectivity index (χ1v) is 8.33. The van der Waals surface area contributed by atoms with Gasteiger partial charge in [-0.2, -0.15) is 5.26 Å². The van der Waals surface area contributed by atoms with Crippen LogP contribution < -0.4 is 10.6 Å². The molecule has 0 bridgehead atoms. The second-order valence-electron chi connectivity index (χ2n) is 5.92. The summed E-state index contributed by atoms with van der Waals surface area (Å²) < 4.78 is 5.47. The number of amides is 2. The molecule has 1 aromatic heterocycles. The summed E-state index contributed by atoms with van der Waals surface area (Å²) in [4.78, 5) is 28.6. The first-order valence-electron chi connectivity index (χ1n) is 8.33. The molecule has 1 saturated heterocycles. The van der Waals surface area contributed by atoms with Gasteiger partial charge in [0.15, 0.2) is 0 Å². The molecule has 2 aromatic rings. The molecular formula is C19H18N4O3. The SMILES string of the molecule is N#Cc1cccc(NC(=O)c2cc(C(=O)NCC3CCCO3)ccn2)c1. The third-order valence-electron chi connectivity index (χ3n) is 4.02. The maximum absolute atomic E-state index is 12.3. The lowest BCUT2D eigenvalue weighted by molar-refractivity contribution is 0.0857. The molecule has 1 aliphatic heterocycles. The van der Waals surface area contributed by atoms with Crippen LogP contribution in [0.1, 0.15) is 39.3 Å². The molecule has 1 unspecified atom stereocenters. The van der Waals surface area contributed by atoms with E-state index in [1.54, 1.807) is 30.3 Å². The molecule has 1 fully saturated rings. The van der Waals surface area contributed by atoms with Crippen molar-refractivity contribution >= 4 is 17.5 Å². The van der Waals surface area contributed by atoms with E-state index in [1.165, 1.54) is 12.3 Å². The Hall–Kier alpha value is -3.24. The number of hydrogen-bond donors (Lipinski definition) is 2. The van der Waals surface area contributed by atoms with Crippen molar-refractivity contribution in [3.8, 4) is 6.07 Å². The Kier molecular flexibility index (Phi) is 5.56. The highest BCUT2D eigenvalue weighted by atomic mass is 16.5. The fraction of sp³-hybridized carbons (Fsp3) is 0.263. The van der Waals surface area contributed by atoms with E-state index in [9.17, 15) is 9.59 Å². The Balaban J connectivity index is 1.64. The molecular weight excluding hydrogens is 332 g/mol. The number of hydrogen-bond acceptors (Lipinski definition) is 5. The van der Waals surface area contributed by atoms with Gasteiger partial charge in [-0.15, -0.1) is 0 Å². The van der Waals surface area contributed by atoms with Gasteiger partial charge in [0.25, 0.3) is 11.8 Å². The van der Waals surface area contributed by atoms with Crippen LogP contribution in [0.25, 0.3) is 0 Å². The van der Waals surface area contributed by atoms with Crippen LogP contribution in [-0.4, -0.2) is 36.1 Å².